The minimum atomic E-state index is -0.999. The number of benzene rings is 3. The van der Waals surface area contributed by atoms with Crippen LogP contribution < -0.4 is 10.5 Å². The minimum absolute atomic E-state index is 0.271. The van der Waals surface area contributed by atoms with E-state index in [2.05, 4.69) is 43.3 Å². The molecule has 0 aliphatic carbocycles. The molecular weight excluding hydrogens is 394 g/mol. The highest BCUT2D eigenvalue weighted by Gasteiger charge is 2.38. The van der Waals surface area contributed by atoms with E-state index in [0.29, 0.717) is 6.61 Å². The van der Waals surface area contributed by atoms with Crippen LogP contribution in [0.3, 0.4) is 0 Å². The van der Waals surface area contributed by atoms with E-state index in [1.165, 1.54) is 0 Å². The van der Waals surface area contributed by atoms with Crippen LogP contribution in [0, 0.1) is 0 Å². The Balaban J connectivity index is 2.13. The summed E-state index contributed by atoms with van der Waals surface area (Å²) in [5.41, 5.74) is 9.08. The summed E-state index contributed by atoms with van der Waals surface area (Å²) in [5, 5.41) is 9.35. The van der Waals surface area contributed by atoms with Crippen molar-refractivity contribution in [3.8, 4) is 5.75 Å². The molecule has 0 aliphatic heterocycles. The molecule has 3 N–H and O–H groups in total. The predicted octanol–water partition coefficient (Wildman–Crippen LogP) is 4.91. The summed E-state index contributed by atoms with van der Waals surface area (Å²) in [6.45, 7) is 2.75. The Hall–Kier alpha value is -2.76. The number of rotatable bonds is 10. The maximum atomic E-state index is 11.4. The van der Waals surface area contributed by atoms with Crippen molar-refractivity contribution in [3.05, 3.63) is 102 Å². The van der Waals surface area contributed by atoms with Crippen molar-refractivity contribution in [1.82, 2.24) is 0 Å². The van der Waals surface area contributed by atoms with Gasteiger partial charge in [-0.25, -0.2) is 0 Å². The zero-order valence-corrected chi connectivity index (χ0v) is 17.8. The molecule has 30 heavy (non-hydrogen) atoms. The molecule has 0 heterocycles. The van der Waals surface area contributed by atoms with E-state index in [4.69, 9.17) is 10.5 Å². The molecule has 0 unspecified atom stereocenters. The molecule has 3 rings (SSSR count). The van der Waals surface area contributed by atoms with Gasteiger partial charge in [0.1, 0.15) is 11.8 Å². The molecule has 0 amide bonds. The van der Waals surface area contributed by atoms with Gasteiger partial charge in [-0.3, -0.25) is 4.79 Å². The summed E-state index contributed by atoms with van der Waals surface area (Å²) in [7, 11) is 0. The van der Waals surface area contributed by atoms with E-state index < -0.39 is 16.8 Å². The molecular formula is C25H27NO3S. The van der Waals surface area contributed by atoms with Crippen LogP contribution in [0.2, 0.25) is 0 Å². The third-order valence-corrected chi connectivity index (χ3v) is 6.56. The van der Waals surface area contributed by atoms with Crippen LogP contribution in [-0.2, 0) is 9.54 Å². The molecule has 1 atom stereocenters. The van der Waals surface area contributed by atoms with E-state index in [9.17, 15) is 9.90 Å². The fraction of sp³-hybridized carbons (Fsp3) is 0.240. The lowest BCUT2D eigenvalue weighted by Crippen LogP contribution is -2.36. The van der Waals surface area contributed by atoms with Crippen molar-refractivity contribution in [1.29, 1.82) is 0 Å². The Bertz CT molecular complexity index is 890. The maximum Gasteiger partial charge on any atom is 0.321 e. The predicted molar refractivity (Wildman–Crippen MR) is 123 cm³/mol. The molecule has 0 spiro atoms. The summed E-state index contributed by atoms with van der Waals surface area (Å²) in [5.74, 6) is 0.0939. The van der Waals surface area contributed by atoms with Gasteiger partial charge in [-0.05, 0) is 35.2 Å². The normalized spacial score (nSPS) is 12.3. The first-order valence-corrected chi connectivity index (χ1v) is 11.0. The highest BCUT2D eigenvalue weighted by Crippen LogP contribution is 2.48. The number of hydrogen-bond acceptors (Lipinski definition) is 4. The lowest BCUT2D eigenvalue weighted by Gasteiger charge is -2.36. The quantitative estimate of drug-likeness (QED) is 0.455. The molecule has 3 aromatic rings. The average molecular weight is 422 g/mol. The van der Waals surface area contributed by atoms with E-state index in [0.717, 1.165) is 28.9 Å². The van der Waals surface area contributed by atoms with Crippen molar-refractivity contribution < 1.29 is 14.6 Å². The van der Waals surface area contributed by atoms with Crippen LogP contribution in [0.1, 0.15) is 30.0 Å². The van der Waals surface area contributed by atoms with E-state index in [1.54, 1.807) is 11.8 Å². The number of aliphatic carboxylic acids is 1. The van der Waals surface area contributed by atoms with Crippen molar-refractivity contribution in [2.75, 3.05) is 12.4 Å². The largest absolute Gasteiger partial charge is 0.494 e. The van der Waals surface area contributed by atoms with E-state index in [-0.39, 0.29) is 5.75 Å². The molecule has 0 aromatic heterocycles. The SMILES string of the molecule is CCCOc1ccc(C(SC[C@H](N)C(=O)O)(c2ccccc2)c2ccccc2)cc1. The fourth-order valence-corrected chi connectivity index (χ4v) is 4.87. The number of carboxylic acid groups (broad SMARTS) is 1. The first-order valence-electron chi connectivity index (χ1n) is 10.0. The lowest BCUT2D eigenvalue weighted by atomic mass is 9.84. The maximum absolute atomic E-state index is 11.4. The summed E-state index contributed by atoms with van der Waals surface area (Å²) < 4.78 is 5.16. The zero-order valence-electron chi connectivity index (χ0n) is 17.0. The van der Waals surface area contributed by atoms with Crippen molar-refractivity contribution in [2.24, 2.45) is 5.73 Å². The van der Waals surface area contributed by atoms with Crippen LogP contribution in [0.15, 0.2) is 84.9 Å². The molecule has 0 saturated heterocycles. The van der Waals surface area contributed by atoms with Gasteiger partial charge in [0.15, 0.2) is 0 Å². The third-order valence-electron chi connectivity index (χ3n) is 4.89. The monoisotopic (exact) mass is 421 g/mol. The average Bonchev–Trinajstić information content (AvgIpc) is 2.80. The highest BCUT2D eigenvalue weighted by molar-refractivity contribution is 8.00. The van der Waals surface area contributed by atoms with Gasteiger partial charge in [0.05, 0.1) is 11.4 Å². The standard InChI is InChI=1S/C25H27NO3S/c1-2-17-29-22-15-13-21(14-16-22)25(19-9-5-3-6-10-19,20-11-7-4-8-12-20)30-18-23(26)24(27)28/h3-16,23H,2,17-18,26H2,1H3,(H,27,28)/t23-/m0/s1. The van der Waals surface area contributed by atoms with Gasteiger partial charge < -0.3 is 15.6 Å². The molecule has 3 aromatic carbocycles. The van der Waals surface area contributed by atoms with Gasteiger partial charge in [0.25, 0.3) is 0 Å². The Kier molecular flexibility index (Phi) is 7.55. The topological polar surface area (TPSA) is 72.5 Å². The molecule has 156 valence electrons. The van der Waals surface area contributed by atoms with Crippen LogP contribution in [0.4, 0.5) is 0 Å². The molecule has 0 bridgehead atoms. The van der Waals surface area contributed by atoms with E-state index >= 15 is 0 Å². The minimum Gasteiger partial charge on any atom is -0.494 e. The Morgan fingerprint density at radius 2 is 1.43 bits per heavy atom. The fourth-order valence-electron chi connectivity index (χ4n) is 3.39. The molecule has 0 aliphatic rings. The number of ether oxygens (including phenoxy) is 1. The summed E-state index contributed by atoms with van der Waals surface area (Å²) in [6.07, 6.45) is 0.947. The number of thioether (sulfide) groups is 1. The number of hydrogen-bond donors (Lipinski definition) is 2. The summed E-state index contributed by atoms with van der Waals surface area (Å²) in [4.78, 5) is 11.4. The Labute approximate surface area is 182 Å². The van der Waals surface area contributed by atoms with Crippen LogP contribution >= 0.6 is 11.8 Å². The van der Waals surface area contributed by atoms with Crippen LogP contribution in [-0.4, -0.2) is 29.5 Å². The Morgan fingerprint density at radius 1 is 0.933 bits per heavy atom. The third kappa shape index (κ3) is 4.86. The molecule has 0 saturated carbocycles. The second-order valence-corrected chi connectivity index (χ2v) is 8.28. The smallest absolute Gasteiger partial charge is 0.321 e. The second-order valence-electron chi connectivity index (χ2n) is 7.04. The highest BCUT2D eigenvalue weighted by atomic mass is 32.2. The van der Waals surface area contributed by atoms with Crippen molar-refractivity contribution >= 4 is 17.7 Å². The molecule has 0 radical (unpaired) electrons. The van der Waals surface area contributed by atoms with Crippen LogP contribution in [0.5, 0.6) is 5.75 Å². The van der Waals surface area contributed by atoms with Gasteiger partial charge in [0, 0.05) is 5.75 Å². The second kappa shape index (κ2) is 10.3. The number of carbonyl (C=O) groups is 1. The molecule has 4 nitrogen and oxygen atoms in total. The summed E-state index contributed by atoms with van der Waals surface area (Å²) in [6, 6.07) is 27.4. The zero-order chi connectivity index (χ0) is 21.4. The van der Waals surface area contributed by atoms with E-state index in [1.807, 2.05) is 48.5 Å². The van der Waals surface area contributed by atoms with Crippen LogP contribution in [0.25, 0.3) is 0 Å². The van der Waals surface area contributed by atoms with Gasteiger partial charge >= 0.3 is 5.97 Å². The van der Waals surface area contributed by atoms with Gasteiger partial charge in [-0.15, -0.1) is 11.8 Å². The van der Waals surface area contributed by atoms with Gasteiger partial charge in [-0.2, -0.15) is 0 Å². The first kappa shape index (κ1) is 21.9. The number of nitrogens with two attached hydrogens (primary N) is 1. The van der Waals surface area contributed by atoms with Gasteiger partial charge in [-0.1, -0.05) is 79.7 Å². The van der Waals surface area contributed by atoms with Gasteiger partial charge in [0.2, 0.25) is 0 Å². The molecule has 0 fully saturated rings. The first-order chi connectivity index (χ1) is 14.6. The lowest BCUT2D eigenvalue weighted by molar-refractivity contribution is -0.137. The molecule has 5 heteroatoms. The summed E-state index contributed by atoms with van der Waals surface area (Å²) >= 11 is 1.54. The number of carboxylic acids is 1. The Morgan fingerprint density at radius 3 is 1.90 bits per heavy atom. The van der Waals surface area contributed by atoms with Crippen molar-refractivity contribution in [3.63, 3.8) is 0 Å². The van der Waals surface area contributed by atoms with Crippen molar-refractivity contribution in [2.45, 2.75) is 24.1 Å².